The van der Waals surface area contributed by atoms with Gasteiger partial charge in [0.1, 0.15) is 5.82 Å². The normalized spacial score (nSPS) is 23.6. The van der Waals surface area contributed by atoms with Gasteiger partial charge in [0.25, 0.3) is 0 Å². The van der Waals surface area contributed by atoms with Gasteiger partial charge in [-0.1, -0.05) is 69.9 Å². The number of hydrogen-bond acceptors (Lipinski definition) is 2. The lowest BCUT2D eigenvalue weighted by Gasteiger charge is -2.32. The van der Waals surface area contributed by atoms with Gasteiger partial charge in [0.05, 0.1) is 11.2 Å². The van der Waals surface area contributed by atoms with Crippen LogP contribution in [0.3, 0.4) is 0 Å². The van der Waals surface area contributed by atoms with E-state index in [0.29, 0.717) is 11.5 Å². The molecule has 1 saturated heterocycles. The molecule has 2 nitrogen and oxygen atoms in total. The molecule has 0 radical (unpaired) electrons. The molecule has 1 aliphatic heterocycles. The highest BCUT2D eigenvalue weighted by Gasteiger charge is 2.51. The van der Waals surface area contributed by atoms with Crippen LogP contribution in [0, 0.1) is 11.7 Å². The molecule has 1 saturated carbocycles. The summed E-state index contributed by atoms with van der Waals surface area (Å²) in [7, 11) is -0.399. The maximum atomic E-state index is 15.4. The second-order valence-corrected chi connectivity index (χ2v) is 11.8. The molecule has 2 fully saturated rings. The lowest BCUT2D eigenvalue weighted by Crippen LogP contribution is -2.41. The monoisotopic (exact) mass is 478 g/mol. The van der Waals surface area contributed by atoms with Crippen LogP contribution in [0.4, 0.5) is 4.39 Å². The molecule has 1 aliphatic carbocycles. The summed E-state index contributed by atoms with van der Waals surface area (Å²) in [5.74, 6) is 1.26. The van der Waals surface area contributed by atoms with Crippen molar-refractivity contribution < 1.29 is 13.7 Å². The van der Waals surface area contributed by atoms with E-state index in [1.165, 1.54) is 56.9 Å². The highest BCUT2D eigenvalue weighted by atomic mass is 19.1. The van der Waals surface area contributed by atoms with E-state index in [0.717, 1.165) is 28.9 Å². The number of hydrogen-bond donors (Lipinski definition) is 0. The Morgan fingerprint density at radius 1 is 0.857 bits per heavy atom. The second kappa shape index (κ2) is 10.8. The molecule has 0 bridgehead atoms. The molecule has 1 heterocycles. The zero-order chi connectivity index (χ0) is 25.2. The van der Waals surface area contributed by atoms with Gasteiger partial charge in [-0.2, -0.15) is 0 Å². The van der Waals surface area contributed by atoms with Crippen LogP contribution < -0.4 is 5.46 Å². The Kier molecular flexibility index (Phi) is 8.13. The van der Waals surface area contributed by atoms with Crippen molar-refractivity contribution in [1.82, 2.24) is 0 Å². The molecule has 0 amide bonds. The van der Waals surface area contributed by atoms with Gasteiger partial charge >= 0.3 is 7.12 Å². The zero-order valence-corrected chi connectivity index (χ0v) is 22.8. The van der Waals surface area contributed by atoms with E-state index >= 15 is 4.39 Å². The number of halogens is 1. The smallest absolute Gasteiger partial charge is 0.399 e. The van der Waals surface area contributed by atoms with E-state index in [4.69, 9.17) is 9.31 Å². The summed E-state index contributed by atoms with van der Waals surface area (Å²) in [4.78, 5) is 0. The largest absolute Gasteiger partial charge is 0.494 e. The van der Waals surface area contributed by atoms with Crippen LogP contribution >= 0.6 is 0 Å². The van der Waals surface area contributed by atoms with Gasteiger partial charge < -0.3 is 9.31 Å². The van der Waals surface area contributed by atoms with Gasteiger partial charge in [-0.25, -0.2) is 4.39 Å². The average Bonchev–Trinajstić information content (AvgIpc) is 3.06. The molecule has 190 valence electrons. The van der Waals surface area contributed by atoms with Crippen LogP contribution in [0.2, 0.25) is 0 Å². The second-order valence-electron chi connectivity index (χ2n) is 11.8. The van der Waals surface area contributed by atoms with Crippen LogP contribution in [0.5, 0.6) is 0 Å². The first-order valence-electron chi connectivity index (χ1n) is 13.9. The number of rotatable bonds is 8. The summed E-state index contributed by atoms with van der Waals surface area (Å²) in [6, 6.07) is 12.2. The molecule has 0 aromatic heterocycles. The number of unbranched alkanes of at least 4 members (excludes halogenated alkanes) is 2. The van der Waals surface area contributed by atoms with Crippen molar-refractivity contribution in [2.45, 2.75) is 116 Å². The van der Waals surface area contributed by atoms with Crippen molar-refractivity contribution in [2.75, 3.05) is 0 Å². The Balaban J connectivity index is 1.48. The summed E-state index contributed by atoms with van der Waals surface area (Å²) in [6.07, 6.45) is 11.2. The van der Waals surface area contributed by atoms with Gasteiger partial charge in [0.15, 0.2) is 0 Å². The Labute approximate surface area is 213 Å². The first-order chi connectivity index (χ1) is 16.6. The van der Waals surface area contributed by atoms with E-state index in [1.807, 2.05) is 18.2 Å². The van der Waals surface area contributed by atoms with Crippen molar-refractivity contribution in [3.63, 3.8) is 0 Å². The summed E-state index contributed by atoms with van der Waals surface area (Å²) in [5, 5.41) is 0. The van der Waals surface area contributed by atoms with Gasteiger partial charge in [-0.15, -0.1) is 0 Å². The maximum absolute atomic E-state index is 15.4. The van der Waals surface area contributed by atoms with Crippen LogP contribution in [-0.4, -0.2) is 18.3 Å². The standard InChI is InChI=1S/C31H44BFO2/c1-7-9-10-11-22-12-14-24(15-13-22)25-16-18-28(29(33)21-25)27-19-17-26(20-23(27)8-2)32-34-30(3,4)31(5,6)35-32/h16-22,24H,7-15H2,1-6H3. The lowest BCUT2D eigenvalue weighted by molar-refractivity contribution is 0.00578. The minimum Gasteiger partial charge on any atom is -0.399 e. The van der Waals surface area contributed by atoms with E-state index in [9.17, 15) is 0 Å². The molecular formula is C31H44BFO2. The molecular weight excluding hydrogens is 434 g/mol. The molecule has 2 aromatic carbocycles. The van der Waals surface area contributed by atoms with Gasteiger partial charge in [0, 0.05) is 5.56 Å². The predicted octanol–water partition coefficient (Wildman–Crippen LogP) is 8.21. The fourth-order valence-electron chi connectivity index (χ4n) is 5.77. The Morgan fingerprint density at radius 3 is 2.11 bits per heavy atom. The third kappa shape index (κ3) is 5.69. The summed E-state index contributed by atoms with van der Waals surface area (Å²) < 4.78 is 27.9. The van der Waals surface area contributed by atoms with Gasteiger partial charge in [-0.05, 0) is 99.9 Å². The Bertz CT molecular complexity index is 991. The lowest BCUT2D eigenvalue weighted by atomic mass is 9.76. The van der Waals surface area contributed by atoms with Crippen molar-refractivity contribution in [3.05, 3.63) is 53.3 Å². The third-order valence-electron chi connectivity index (χ3n) is 8.85. The maximum Gasteiger partial charge on any atom is 0.494 e. The van der Waals surface area contributed by atoms with Crippen molar-refractivity contribution in [2.24, 2.45) is 5.92 Å². The molecule has 4 heteroatoms. The van der Waals surface area contributed by atoms with E-state index < -0.39 is 7.12 Å². The first-order valence-corrected chi connectivity index (χ1v) is 13.9. The zero-order valence-electron chi connectivity index (χ0n) is 22.8. The average molecular weight is 479 g/mol. The van der Waals surface area contributed by atoms with E-state index in [-0.39, 0.29) is 17.0 Å². The van der Waals surface area contributed by atoms with Gasteiger partial charge in [0.2, 0.25) is 0 Å². The quantitative estimate of drug-likeness (QED) is 0.281. The topological polar surface area (TPSA) is 18.5 Å². The Hall–Kier alpha value is -1.65. The molecule has 2 aliphatic rings. The van der Waals surface area contributed by atoms with E-state index in [2.05, 4.69) is 53.7 Å². The molecule has 2 aromatic rings. The summed E-state index contributed by atoms with van der Waals surface area (Å²) in [6.45, 7) is 12.7. The van der Waals surface area contributed by atoms with Crippen LogP contribution in [-0.2, 0) is 15.7 Å². The number of aryl methyl sites for hydroxylation is 1. The first kappa shape index (κ1) is 26.4. The predicted molar refractivity (Wildman–Crippen MR) is 146 cm³/mol. The minimum atomic E-state index is -0.399. The summed E-state index contributed by atoms with van der Waals surface area (Å²) >= 11 is 0. The third-order valence-corrected chi connectivity index (χ3v) is 8.85. The summed E-state index contributed by atoms with van der Waals surface area (Å²) in [5.41, 5.74) is 4.20. The highest BCUT2D eigenvalue weighted by molar-refractivity contribution is 6.62. The molecule has 0 unspecified atom stereocenters. The fourth-order valence-corrected chi connectivity index (χ4v) is 5.77. The molecule has 4 rings (SSSR count). The molecule has 0 spiro atoms. The molecule has 0 N–H and O–H groups in total. The number of benzene rings is 2. The van der Waals surface area contributed by atoms with Crippen LogP contribution in [0.15, 0.2) is 36.4 Å². The molecule has 0 atom stereocenters. The van der Waals surface area contributed by atoms with E-state index in [1.54, 1.807) is 6.07 Å². The fraction of sp³-hybridized carbons (Fsp3) is 0.613. The van der Waals surface area contributed by atoms with Crippen molar-refractivity contribution >= 4 is 12.6 Å². The van der Waals surface area contributed by atoms with Crippen molar-refractivity contribution in [1.29, 1.82) is 0 Å². The van der Waals surface area contributed by atoms with Crippen LogP contribution in [0.1, 0.15) is 110 Å². The highest BCUT2D eigenvalue weighted by Crippen LogP contribution is 2.40. The SMILES string of the molecule is CCCCCC1CCC(c2ccc(-c3ccc(B4OC(C)(C)C(C)(C)O4)cc3CC)c(F)c2)CC1. The minimum absolute atomic E-state index is 0.106. The Morgan fingerprint density at radius 2 is 1.51 bits per heavy atom. The van der Waals surface area contributed by atoms with Crippen LogP contribution in [0.25, 0.3) is 11.1 Å². The van der Waals surface area contributed by atoms with Crippen molar-refractivity contribution in [3.8, 4) is 11.1 Å². The van der Waals surface area contributed by atoms with Gasteiger partial charge in [-0.3, -0.25) is 0 Å². The molecule has 35 heavy (non-hydrogen) atoms.